The number of nitrogens with two attached hydrogens (primary N) is 1. The number of thiazole rings is 1. The number of benzene rings is 1. The SMILES string of the molecule is COc1cc(C(=O)O)cc2sc(N)nc12. The molecule has 0 radical (unpaired) electrons. The van der Waals surface area contributed by atoms with Crippen LogP contribution < -0.4 is 10.5 Å². The van der Waals surface area contributed by atoms with E-state index in [-0.39, 0.29) is 5.56 Å². The van der Waals surface area contributed by atoms with E-state index >= 15 is 0 Å². The molecule has 0 unspecified atom stereocenters. The van der Waals surface area contributed by atoms with Gasteiger partial charge in [-0.2, -0.15) is 0 Å². The molecule has 2 rings (SSSR count). The Morgan fingerprint density at radius 2 is 2.33 bits per heavy atom. The van der Waals surface area contributed by atoms with Crippen LogP contribution in [0.1, 0.15) is 10.4 Å². The molecule has 1 heterocycles. The number of aromatic carboxylic acids is 1. The molecule has 78 valence electrons. The first-order valence-electron chi connectivity index (χ1n) is 4.09. The van der Waals surface area contributed by atoms with Crippen LogP contribution in [0.2, 0.25) is 0 Å². The lowest BCUT2D eigenvalue weighted by Gasteiger charge is -2.01. The Balaban J connectivity index is 2.76. The summed E-state index contributed by atoms with van der Waals surface area (Å²) >= 11 is 1.24. The molecule has 6 heteroatoms. The molecule has 0 saturated heterocycles. The highest BCUT2D eigenvalue weighted by Gasteiger charge is 2.12. The minimum absolute atomic E-state index is 0.169. The molecule has 3 N–H and O–H groups in total. The van der Waals surface area contributed by atoms with Gasteiger partial charge in [-0.1, -0.05) is 11.3 Å². The molecule has 0 saturated carbocycles. The van der Waals surface area contributed by atoms with Crippen LogP contribution in [0, 0.1) is 0 Å². The van der Waals surface area contributed by atoms with Crippen LogP contribution in [0.15, 0.2) is 12.1 Å². The summed E-state index contributed by atoms with van der Waals surface area (Å²) in [6, 6.07) is 2.97. The molecule has 0 aliphatic rings. The van der Waals surface area contributed by atoms with Gasteiger partial charge in [0.15, 0.2) is 5.13 Å². The highest BCUT2D eigenvalue weighted by Crippen LogP contribution is 2.32. The fourth-order valence-corrected chi connectivity index (χ4v) is 2.09. The van der Waals surface area contributed by atoms with E-state index < -0.39 is 5.97 Å². The van der Waals surface area contributed by atoms with Crippen molar-refractivity contribution in [2.75, 3.05) is 12.8 Å². The standard InChI is InChI=1S/C9H8N2O3S/c1-14-5-2-4(8(12)13)3-6-7(5)11-9(10)15-6/h2-3H,1H3,(H2,10,11)(H,12,13). The third-order valence-electron chi connectivity index (χ3n) is 1.94. The number of carboxylic acids is 1. The molecule has 0 amide bonds. The molecule has 0 aliphatic heterocycles. The minimum atomic E-state index is -0.998. The maximum absolute atomic E-state index is 10.8. The highest BCUT2D eigenvalue weighted by molar-refractivity contribution is 7.22. The van der Waals surface area contributed by atoms with E-state index in [4.69, 9.17) is 15.6 Å². The lowest BCUT2D eigenvalue weighted by molar-refractivity contribution is 0.0696. The number of carboxylic acid groups (broad SMARTS) is 1. The lowest BCUT2D eigenvalue weighted by atomic mass is 10.2. The first kappa shape index (κ1) is 9.72. The van der Waals surface area contributed by atoms with Gasteiger partial charge in [0.1, 0.15) is 11.3 Å². The fraction of sp³-hybridized carbons (Fsp3) is 0.111. The van der Waals surface area contributed by atoms with Gasteiger partial charge in [-0.25, -0.2) is 9.78 Å². The van der Waals surface area contributed by atoms with Crippen molar-refractivity contribution in [2.45, 2.75) is 0 Å². The molecule has 1 aromatic carbocycles. The Hall–Kier alpha value is -1.82. The lowest BCUT2D eigenvalue weighted by Crippen LogP contribution is -1.97. The number of rotatable bonds is 2. The van der Waals surface area contributed by atoms with Crippen molar-refractivity contribution in [3.05, 3.63) is 17.7 Å². The number of nitrogens with zero attached hydrogens (tertiary/aromatic N) is 1. The number of anilines is 1. The van der Waals surface area contributed by atoms with E-state index in [0.717, 1.165) is 0 Å². The zero-order chi connectivity index (χ0) is 11.0. The van der Waals surface area contributed by atoms with E-state index in [1.807, 2.05) is 0 Å². The Morgan fingerprint density at radius 1 is 1.60 bits per heavy atom. The van der Waals surface area contributed by atoms with Crippen molar-refractivity contribution in [2.24, 2.45) is 0 Å². The van der Waals surface area contributed by atoms with E-state index in [0.29, 0.717) is 21.1 Å². The number of carbonyl (C=O) groups is 1. The summed E-state index contributed by atoms with van der Waals surface area (Å²) in [6.45, 7) is 0. The van der Waals surface area contributed by atoms with Crippen molar-refractivity contribution in [1.29, 1.82) is 0 Å². The molecule has 1 aromatic heterocycles. The van der Waals surface area contributed by atoms with Crippen molar-refractivity contribution in [1.82, 2.24) is 4.98 Å². The number of nitrogen functional groups attached to an aromatic ring is 1. The number of ether oxygens (including phenoxy) is 1. The van der Waals surface area contributed by atoms with Crippen LogP contribution in [0.3, 0.4) is 0 Å². The molecule has 15 heavy (non-hydrogen) atoms. The molecule has 0 aliphatic carbocycles. The predicted octanol–water partition coefficient (Wildman–Crippen LogP) is 1.59. The molecule has 5 nitrogen and oxygen atoms in total. The van der Waals surface area contributed by atoms with Gasteiger partial charge in [0.25, 0.3) is 0 Å². The van der Waals surface area contributed by atoms with Crippen LogP contribution >= 0.6 is 11.3 Å². The number of hydrogen-bond donors (Lipinski definition) is 2. The summed E-state index contributed by atoms with van der Waals surface area (Å²) in [5.41, 5.74) is 6.32. The van der Waals surface area contributed by atoms with Gasteiger partial charge in [0.2, 0.25) is 0 Å². The van der Waals surface area contributed by atoms with Crippen LogP contribution in [-0.4, -0.2) is 23.2 Å². The Labute approximate surface area is 89.1 Å². The quantitative estimate of drug-likeness (QED) is 0.808. The highest BCUT2D eigenvalue weighted by atomic mass is 32.1. The van der Waals surface area contributed by atoms with E-state index in [2.05, 4.69) is 4.98 Å². The summed E-state index contributed by atoms with van der Waals surface area (Å²) in [6.07, 6.45) is 0. The van der Waals surface area contributed by atoms with E-state index in [1.54, 1.807) is 0 Å². The van der Waals surface area contributed by atoms with Gasteiger partial charge in [0, 0.05) is 0 Å². The second-order valence-corrected chi connectivity index (χ2v) is 3.94. The molecular formula is C9H8N2O3S. The van der Waals surface area contributed by atoms with Crippen molar-refractivity contribution < 1.29 is 14.6 Å². The molecule has 0 atom stereocenters. The second-order valence-electron chi connectivity index (χ2n) is 2.88. The van der Waals surface area contributed by atoms with Crippen LogP contribution in [0.25, 0.3) is 10.2 Å². The Bertz CT molecular complexity index is 535. The number of methoxy groups -OCH3 is 1. The largest absolute Gasteiger partial charge is 0.494 e. The first-order chi connectivity index (χ1) is 7.11. The van der Waals surface area contributed by atoms with Crippen molar-refractivity contribution in [3.8, 4) is 5.75 Å². The first-order valence-corrected chi connectivity index (χ1v) is 4.91. The minimum Gasteiger partial charge on any atom is -0.494 e. The van der Waals surface area contributed by atoms with Gasteiger partial charge in [0.05, 0.1) is 17.4 Å². The van der Waals surface area contributed by atoms with Crippen LogP contribution in [0.5, 0.6) is 5.75 Å². The molecule has 0 spiro atoms. The average molecular weight is 224 g/mol. The van der Waals surface area contributed by atoms with Crippen molar-refractivity contribution >= 4 is 32.7 Å². The van der Waals surface area contributed by atoms with E-state index in [1.165, 1.54) is 30.6 Å². The van der Waals surface area contributed by atoms with Gasteiger partial charge in [-0.3, -0.25) is 0 Å². The fourth-order valence-electron chi connectivity index (χ4n) is 1.30. The molecular weight excluding hydrogens is 216 g/mol. The molecule has 0 fully saturated rings. The zero-order valence-electron chi connectivity index (χ0n) is 7.85. The van der Waals surface area contributed by atoms with E-state index in [9.17, 15) is 4.79 Å². The maximum atomic E-state index is 10.8. The third kappa shape index (κ3) is 1.59. The summed E-state index contributed by atoms with van der Waals surface area (Å²) in [4.78, 5) is 14.9. The van der Waals surface area contributed by atoms with Gasteiger partial charge < -0.3 is 15.6 Å². The maximum Gasteiger partial charge on any atom is 0.335 e. The average Bonchev–Trinajstić information content (AvgIpc) is 2.56. The third-order valence-corrected chi connectivity index (χ3v) is 2.77. The normalized spacial score (nSPS) is 10.5. The predicted molar refractivity (Wildman–Crippen MR) is 57.5 cm³/mol. The Morgan fingerprint density at radius 3 is 2.93 bits per heavy atom. The smallest absolute Gasteiger partial charge is 0.335 e. The van der Waals surface area contributed by atoms with Gasteiger partial charge in [-0.05, 0) is 12.1 Å². The van der Waals surface area contributed by atoms with Crippen LogP contribution in [0.4, 0.5) is 5.13 Å². The molecule has 2 aromatic rings. The summed E-state index contributed by atoms with van der Waals surface area (Å²) < 4.78 is 5.77. The van der Waals surface area contributed by atoms with Crippen molar-refractivity contribution in [3.63, 3.8) is 0 Å². The monoisotopic (exact) mass is 224 g/mol. The summed E-state index contributed by atoms with van der Waals surface area (Å²) in [5, 5.41) is 9.26. The van der Waals surface area contributed by atoms with Gasteiger partial charge in [-0.15, -0.1) is 0 Å². The topological polar surface area (TPSA) is 85.4 Å². The Kier molecular flexibility index (Phi) is 2.20. The van der Waals surface area contributed by atoms with Gasteiger partial charge >= 0.3 is 5.97 Å². The zero-order valence-corrected chi connectivity index (χ0v) is 8.67. The summed E-state index contributed by atoms with van der Waals surface area (Å²) in [7, 11) is 1.47. The molecule has 0 bridgehead atoms. The number of aromatic nitrogens is 1. The van der Waals surface area contributed by atoms with Crippen LogP contribution in [-0.2, 0) is 0 Å². The second kappa shape index (κ2) is 3.39. The summed E-state index contributed by atoms with van der Waals surface area (Å²) in [5.74, 6) is -0.569. The number of fused-ring (bicyclic) bond motifs is 1. The number of hydrogen-bond acceptors (Lipinski definition) is 5.